The van der Waals surface area contributed by atoms with E-state index in [9.17, 15) is 9.59 Å². The van der Waals surface area contributed by atoms with E-state index >= 15 is 0 Å². The van der Waals surface area contributed by atoms with E-state index in [1.807, 2.05) is 30.3 Å². The van der Waals surface area contributed by atoms with E-state index in [1.54, 1.807) is 4.90 Å². The summed E-state index contributed by atoms with van der Waals surface area (Å²) in [5, 5.41) is 2.80. The molecule has 2 amide bonds. The average molecular weight is 305 g/mol. The Morgan fingerprint density at radius 1 is 1.23 bits per heavy atom. The Morgan fingerprint density at radius 3 is 2.55 bits per heavy atom. The summed E-state index contributed by atoms with van der Waals surface area (Å²) in [6, 6.07) is 9.25. The third-order valence-electron chi connectivity index (χ3n) is 3.63. The van der Waals surface area contributed by atoms with E-state index in [4.69, 9.17) is 4.74 Å². The summed E-state index contributed by atoms with van der Waals surface area (Å²) in [4.78, 5) is 27.6. The Bertz CT molecular complexity index is 487. The molecule has 1 saturated heterocycles. The number of carbonyl (C=O) groups is 2. The van der Waals surface area contributed by atoms with Gasteiger partial charge in [-0.2, -0.15) is 0 Å². The van der Waals surface area contributed by atoms with Gasteiger partial charge in [-0.25, -0.2) is 0 Å². The van der Waals surface area contributed by atoms with Gasteiger partial charge in [0.15, 0.2) is 0 Å². The minimum Gasteiger partial charge on any atom is -0.379 e. The molecule has 1 aromatic rings. The minimum atomic E-state index is -0.177. The zero-order chi connectivity index (χ0) is 15.8. The normalized spacial score (nSPS) is 15.3. The van der Waals surface area contributed by atoms with Crippen molar-refractivity contribution in [3.05, 3.63) is 30.3 Å². The molecule has 2 rings (SSSR count). The maximum Gasteiger partial charge on any atom is 0.243 e. The molecule has 0 radical (unpaired) electrons. The zero-order valence-corrected chi connectivity index (χ0v) is 13.0. The largest absolute Gasteiger partial charge is 0.379 e. The van der Waals surface area contributed by atoms with Crippen molar-refractivity contribution in [2.75, 3.05) is 51.3 Å². The minimum absolute atomic E-state index is 0.0779. The summed E-state index contributed by atoms with van der Waals surface area (Å²) in [5.41, 5.74) is 0.740. The predicted molar refractivity (Wildman–Crippen MR) is 84.6 cm³/mol. The lowest BCUT2D eigenvalue weighted by Gasteiger charge is -2.29. The Labute approximate surface area is 131 Å². The second-order valence-corrected chi connectivity index (χ2v) is 5.31. The molecule has 0 bridgehead atoms. The monoisotopic (exact) mass is 305 g/mol. The smallest absolute Gasteiger partial charge is 0.243 e. The highest BCUT2D eigenvalue weighted by molar-refractivity contribution is 5.94. The van der Waals surface area contributed by atoms with Gasteiger partial charge in [-0.3, -0.25) is 14.5 Å². The first-order chi connectivity index (χ1) is 10.6. The summed E-state index contributed by atoms with van der Waals surface area (Å²) >= 11 is 0. The number of morpholine rings is 1. The van der Waals surface area contributed by atoms with E-state index < -0.39 is 0 Å². The van der Waals surface area contributed by atoms with Crippen LogP contribution < -0.4 is 5.32 Å². The molecular formula is C16H23N3O3. The summed E-state index contributed by atoms with van der Waals surface area (Å²) in [7, 11) is 0. The number of hydrogen-bond donors (Lipinski definition) is 1. The lowest BCUT2D eigenvalue weighted by Crippen LogP contribution is -2.44. The summed E-state index contributed by atoms with van der Waals surface area (Å²) in [6.45, 7) is 6.11. The van der Waals surface area contributed by atoms with Crippen molar-refractivity contribution < 1.29 is 14.3 Å². The summed E-state index contributed by atoms with van der Waals surface area (Å²) in [5.74, 6) is -0.264. The van der Waals surface area contributed by atoms with Crippen LogP contribution in [0.1, 0.15) is 6.92 Å². The first-order valence-electron chi connectivity index (χ1n) is 7.55. The molecule has 0 saturated carbocycles. The van der Waals surface area contributed by atoms with Gasteiger partial charge < -0.3 is 15.0 Å². The van der Waals surface area contributed by atoms with Gasteiger partial charge in [-0.1, -0.05) is 18.2 Å². The number of anilines is 1. The predicted octanol–water partition coefficient (Wildman–Crippen LogP) is 0.806. The van der Waals surface area contributed by atoms with Crippen LogP contribution in [0.4, 0.5) is 5.69 Å². The van der Waals surface area contributed by atoms with Gasteiger partial charge in [-0.15, -0.1) is 0 Å². The van der Waals surface area contributed by atoms with Gasteiger partial charge in [0.1, 0.15) is 0 Å². The highest BCUT2D eigenvalue weighted by atomic mass is 16.5. The molecule has 1 aliphatic heterocycles. The zero-order valence-electron chi connectivity index (χ0n) is 13.0. The number of ether oxygens (including phenoxy) is 1. The van der Waals surface area contributed by atoms with Crippen LogP contribution in [0.5, 0.6) is 0 Å². The molecule has 0 unspecified atom stereocenters. The fourth-order valence-electron chi connectivity index (χ4n) is 2.33. The number of hydrogen-bond acceptors (Lipinski definition) is 4. The van der Waals surface area contributed by atoms with Crippen molar-refractivity contribution in [3.8, 4) is 0 Å². The number of nitrogens with zero attached hydrogens (tertiary/aromatic N) is 2. The Kier molecular flexibility index (Phi) is 6.36. The molecular weight excluding hydrogens is 282 g/mol. The topological polar surface area (TPSA) is 61.9 Å². The van der Waals surface area contributed by atoms with Crippen LogP contribution >= 0.6 is 0 Å². The molecule has 1 aromatic carbocycles. The highest BCUT2D eigenvalue weighted by Gasteiger charge is 2.16. The van der Waals surface area contributed by atoms with Crippen molar-refractivity contribution in [1.82, 2.24) is 9.80 Å². The number of benzene rings is 1. The fourth-order valence-corrected chi connectivity index (χ4v) is 2.33. The number of amides is 2. The molecule has 1 aliphatic rings. The summed E-state index contributed by atoms with van der Waals surface area (Å²) in [6.07, 6.45) is 0. The molecule has 1 heterocycles. The Morgan fingerprint density at radius 2 is 1.91 bits per heavy atom. The van der Waals surface area contributed by atoms with Crippen molar-refractivity contribution >= 4 is 17.5 Å². The van der Waals surface area contributed by atoms with Gasteiger partial charge in [0, 0.05) is 38.8 Å². The van der Waals surface area contributed by atoms with Gasteiger partial charge in [0.2, 0.25) is 11.8 Å². The molecule has 0 aliphatic carbocycles. The Hall–Kier alpha value is -1.92. The van der Waals surface area contributed by atoms with E-state index in [1.165, 1.54) is 6.92 Å². The summed E-state index contributed by atoms with van der Waals surface area (Å²) < 4.78 is 5.30. The number of carbonyl (C=O) groups excluding carboxylic acids is 2. The van der Waals surface area contributed by atoms with Gasteiger partial charge >= 0.3 is 0 Å². The highest BCUT2D eigenvalue weighted by Crippen LogP contribution is 2.05. The molecule has 0 spiro atoms. The third kappa shape index (κ3) is 5.46. The number of para-hydroxylation sites is 1. The lowest BCUT2D eigenvalue weighted by molar-refractivity contribution is -0.133. The second-order valence-electron chi connectivity index (χ2n) is 5.31. The average Bonchev–Trinajstić information content (AvgIpc) is 2.53. The molecule has 22 heavy (non-hydrogen) atoms. The molecule has 1 fully saturated rings. The van der Waals surface area contributed by atoms with Crippen LogP contribution in [-0.4, -0.2) is 67.6 Å². The second kappa shape index (κ2) is 8.51. The van der Waals surface area contributed by atoms with Crippen LogP contribution in [-0.2, 0) is 14.3 Å². The molecule has 0 aromatic heterocycles. The van der Waals surface area contributed by atoms with Gasteiger partial charge in [-0.05, 0) is 12.1 Å². The van der Waals surface area contributed by atoms with E-state index in [-0.39, 0.29) is 18.4 Å². The van der Waals surface area contributed by atoms with Crippen LogP contribution in [0, 0.1) is 0 Å². The van der Waals surface area contributed by atoms with Gasteiger partial charge in [0.05, 0.1) is 19.8 Å². The van der Waals surface area contributed by atoms with Crippen molar-refractivity contribution in [3.63, 3.8) is 0 Å². The van der Waals surface area contributed by atoms with Crippen LogP contribution in [0.2, 0.25) is 0 Å². The van der Waals surface area contributed by atoms with Crippen molar-refractivity contribution in [2.45, 2.75) is 6.92 Å². The molecule has 6 nitrogen and oxygen atoms in total. The molecule has 1 N–H and O–H groups in total. The van der Waals surface area contributed by atoms with Crippen LogP contribution in [0.15, 0.2) is 30.3 Å². The van der Waals surface area contributed by atoms with E-state index in [2.05, 4.69) is 10.2 Å². The first-order valence-corrected chi connectivity index (χ1v) is 7.55. The van der Waals surface area contributed by atoms with Crippen LogP contribution in [0.3, 0.4) is 0 Å². The maximum atomic E-state index is 12.0. The number of nitrogens with one attached hydrogen (secondary N) is 1. The lowest BCUT2D eigenvalue weighted by atomic mass is 10.3. The Balaban J connectivity index is 1.80. The quantitative estimate of drug-likeness (QED) is 0.845. The standard InChI is InChI=1S/C16H23N3O3/c1-14(20)19(8-7-18-9-11-22-12-10-18)13-16(21)17-15-5-3-2-4-6-15/h2-6H,7-13H2,1H3,(H,17,21). The van der Waals surface area contributed by atoms with Crippen molar-refractivity contribution in [1.29, 1.82) is 0 Å². The molecule has 6 heteroatoms. The first kappa shape index (κ1) is 16.5. The third-order valence-corrected chi connectivity index (χ3v) is 3.63. The van der Waals surface area contributed by atoms with E-state index in [0.717, 1.165) is 38.5 Å². The maximum absolute atomic E-state index is 12.0. The molecule has 0 atom stereocenters. The van der Waals surface area contributed by atoms with Crippen molar-refractivity contribution in [2.24, 2.45) is 0 Å². The molecule has 120 valence electrons. The van der Waals surface area contributed by atoms with Gasteiger partial charge in [0.25, 0.3) is 0 Å². The van der Waals surface area contributed by atoms with Crippen LogP contribution in [0.25, 0.3) is 0 Å². The fraction of sp³-hybridized carbons (Fsp3) is 0.500. The van der Waals surface area contributed by atoms with E-state index in [0.29, 0.717) is 6.54 Å². The SMILES string of the molecule is CC(=O)N(CCN1CCOCC1)CC(=O)Nc1ccccc1. The number of rotatable bonds is 6.